The highest BCUT2D eigenvalue weighted by Crippen LogP contribution is 2.49. The Balaban J connectivity index is -0.000000737. The zero-order valence-electron chi connectivity index (χ0n) is 23.6. The summed E-state index contributed by atoms with van der Waals surface area (Å²) in [5, 5.41) is 0. The molecule has 0 N–H and O–H groups in total. The van der Waals surface area contributed by atoms with E-state index < -0.39 is 30.9 Å². The van der Waals surface area contributed by atoms with Gasteiger partial charge in [-0.15, -0.1) is 0 Å². The first kappa shape index (κ1) is 41.6. The smallest absolute Gasteiger partial charge is 0.381 e. The summed E-state index contributed by atoms with van der Waals surface area (Å²) in [4.78, 5) is 0. The number of hydrogen-bond acceptors (Lipinski definition) is 1. The van der Waals surface area contributed by atoms with E-state index in [0.29, 0.717) is 6.42 Å². The van der Waals surface area contributed by atoms with Gasteiger partial charge in [0.25, 0.3) is 5.67 Å². The molecule has 0 amide bonds. The van der Waals surface area contributed by atoms with Crippen molar-refractivity contribution in [3.05, 3.63) is 0 Å². The topological polar surface area (TPSA) is 9.23 Å². The van der Waals surface area contributed by atoms with Gasteiger partial charge in [-0.1, -0.05) is 119 Å². The number of hydrogen-bond donors (Lipinski definition) is 0. The van der Waals surface area contributed by atoms with Gasteiger partial charge in [-0.2, -0.15) is 26.3 Å². The van der Waals surface area contributed by atoms with E-state index in [2.05, 4.69) is 6.92 Å². The zero-order chi connectivity index (χ0) is 28.2. The van der Waals surface area contributed by atoms with Gasteiger partial charge in [0.1, 0.15) is 0 Å². The lowest BCUT2D eigenvalue weighted by Crippen LogP contribution is -2.53. The maximum atomic E-state index is 13.4. The van der Waals surface area contributed by atoms with Crippen LogP contribution in [-0.2, 0) is 4.74 Å². The first-order chi connectivity index (χ1) is 16.6. The molecule has 1 nitrogen and oxygen atoms in total. The van der Waals surface area contributed by atoms with Gasteiger partial charge in [-0.3, -0.25) is 0 Å². The van der Waals surface area contributed by atoms with E-state index in [9.17, 15) is 30.7 Å². The van der Waals surface area contributed by atoms with Crippen molar-refractivity contribution >= 4 is 0 Å². The van der Waals surface area contributed by atoms with Crippen LogP contribution in [0.4, 0.5) is 30.7 Å². The van der Waals surface area contributed by atoms with Gasteiger partial charge in [0, 0.05) is 13.2 Å². The van der Waals surface area contributed by atoms with Crippen LogP contribution < -0.4 is 0 Å². The lowest BCUT2D eigenvalue weighted by molar-refractivity contribution is -0.343. The maximum Gasteiger partial charge on any atom is 0.431 e. The van der Waals surface area contributed by atoms with Crippen molar-refractivity contribution in [1.82, 2.24) is 0 Å². The summed E-state index contributed by atoms with van der Waals surface area (Å²) in [6.45, 7) is 15.8. The molecule has 0 aromatic carbocycles. The molecule has 0 fully saturated rings. The molecule has 0 radical (unpaired) electrons. The molecule has 0 aromatic rings. The predicted molar refractivity (Wildman–Crippen MR) is 136 cm³/mol. The van der Waals surface area contributed by atoms with Gasteiger partial charge in [0.15, 0.2) is 0 Å². The fourth-order valence-electron chi connectivity index (χ4n) is 3.13. The Morgan fingerprint density at radius 3 is 1.03 bits per heavy atom. The second-order valence-corrected chi connectivity index (χ2v) is 7.76. The molecule has 0 unspecified atom stereocenters. The number of halogens is 7. The summed E-state index contributed by atoms with van der Waals surface area (Å²) in [6.07, 6.45) is -1.35. The van der Waals surface area contributed by atoms with Crippen LogP contribution in [0.3, 0.4) is 0 Å². The first-order valence-electron chi connectivity index (χ1n) is 14.0. The van der Waals surface area contributed by atoms with Crippen LogP contribution in [0.1, 0.15) is 145 Å². The molecule has 0 saturated heterocycles. The summed E-state index contributed by atoms with van der Waals surface area (Å²) in [5.74, 6) is 0. The van der Waals surface area contributed by atoms with Crippen molar-refractivity contribution in [1.29, 1.82) is 0 Å². The van der Waals surface area contributed by atoms with Crippen LogP contribution >= 0.6 is 0 Å². The molecule has 0 aliphatic rings. The van der Waals surface area contributed by atoms with Crippen molar-refractivity contribution in [3.63, 3.8) is 0 Å². The first-order valence-corrected chi connectivity index (χ1v) is 14.0. The third-order valence-corrected chi connectivity index (χ3v) is 5.10. The maximum absolute atomic E-state index is 13.4. The Morgan fingerprint density at radius 1 is 0.429 bits per heavy atom. The van der Waals surface area contributed by atoms with Crippen LogP contribution in [0.2, 0.25) is 0 Å². The lowest BCUT2D eigenvalue weighted by atomic mass is 9.96. The van der Waals surface area contributed by atoms with Gasteiger partial charge in [-0.25, -0.2) is 4.39 Å². The van der Waals surface area contributed by atoms with E-state index in [4.69, 9.17) is 4.74 Å². The normalized spacial score (nSPS) is 11.5. The van der Waals surface area contributed by atoms with Gasteiger partial charge in [-0.05, 0) is 25.7 Å². The van der Waals surface area contributed by atoms with E-state index in [1.54, 1.807) is 0 Å². The fourth-order valence-corrected chi connectivity index (χ4v) is 3.13. The van der Waals surface area contributed by atoms with Gasteiger partial charge in [0.2, 0.25) is 0 Å². The Bertz CT molecular complexity index is 369. The number of alkyl halides is 7. The molecule has 0 heterocycles. The largest absolute Gasteiger partial charge is 0.431 e. The molecular weight excluding hydrogens is 473 g/mol. The Kier molecular flexibility index (Phi) is 33.3. The average molecular weight is 529 g/mol. The van der Waals surface area contributed by atoms with E-state index in [1.807, 2.05) is 41.5 Å². The average Bonchev–Trinajstić information content (AvgIpc) is 2.83. The number of rotatable bonds is 18. The summed E-state index contributed by atoms with van der Waals surface area (Å²) in [6, 6.07) is 0. The molecule has 35 heavy (non-hydrogen) atoms. The highest BCUT2D eigenvalue weighted by Gasteiger charge is 2.71. The van der Waals surface area contributed by atoms with Gasteiger partial charge >= 0.3 is 12.4 Å². The number of ether oxygens (including phenoxy) is 1. The van der Waals surface area contributed by atoms with E-state index in [-0.39, 0.29) is 6.42 Å². The summed E-state index contributed by atoms with van der Waals surface area (Å²) < 4.78 is 93.4. The Labute approximate surface area is 212 Å². The van der Waals surface area contributed by atoms with Crippen LogP contribution in [0, 0.1) is 0 Å². The van der Waals surface area contributed by atoms with Crippen molar-refractivity contribution in [2.24, 2.45) is 0 Å². The van der Waals surface area contributed by atoms with Gasteiger partial charge < -0.3 is 4.74 Å². The summed E-state index contributed by atoms with van der Waals surface area (Å²) in [7, 11) is 0. The molecule has 0 atom stereocenters. The third kappa shape index (κ3) is 23.6. The minimum Gasteiger partial charge on any atom is -0.381 e. The van der Waals surface area contributed by atoms with Crippen molar-refractivity contribution in [2.75, 3.05) is 13.2 Å². The third-order valence-electron chi connectivity index (χ3n) is 5.10. The molecule has 8 heteroatoms. The minimum atomic E-state index is -5.92. The Hall–Kier alpha value is -0.530. The van der Waals surface area contributed by atoms with Crippen LogP contribution in [0.5, 0.6) is 0 Å². The standard InChI is InChI=1S/C21H37F7O.3C2H6/c1-2-3-17-29-18-15-13-11-9-7-5-4-6-8-10-12-14-16-19(22,20(23,24)25)21(26,27)28;3*1-2/h2-18H2,1H3;3*1-2H3. The van der Waals surface area contributed by atoms with Crippen LogP contribution in [0.15, 0.2) is 0 Å². The molecular formula is C27H55F7O. The fraction of sp³-hybridized carbons (Fsp3) is 1.00. The summed E-state index contributed by atoms with van der Waals surface area (Å²) in [5.41, 5.74) is -5.10. The highest BCUT2D eigenvalue weighted by molar-refractivity contribution is 4.94. The monoisotopic (exact) mass is 528 g/mol. The second kappa shape index (κ2) is 28.0. The van der Waals surface area contributed by atoms with E-state index in [0.717, 1.165) is 71.0 Å². The molecule has 0 rings (SSSR count). The second-order valence-electron chi connectivity index (χ2n) is 7.76. The van der Waals surface area contributed by atoms with E-state index >= 15 is 0 Å². The zero-order valence-corrected chi connectivity index (χ0v) is 23.6. The SMILES string of the molecule is CC.CC.CC.CCCCOCCCCCCCCCCCCCCC(F)(C(F)(F)F)C(F)(F)F. The van der Waals surface area contributed by atoms with Crippen LogP contribution in [0.25, 0.3) is 0 Å². The summed E-state index contributed by atoms with van der Waals surface area (Å²) >= 11 is 0. The predicted octanol–water partition coefficient (Wildman–Crippen LogP) is 11.8. The minimum absolute atomic E-state index is 0.179. The molecule has 0 saturated carbocycles. The lowest BCUT2D eigenvalue weighted by Gasteiger charge is -2.29. The molecule has 0 aliphatic carbocycles. The number of unbranched alkanes of at least 4 members (excludes halogenated alkanes) is 12. The Morgan fingerprint density at radius 2 is 0.714 bits per heavy atom. The van der Waals surface area contributed by atoms with Crippen molar-refractivity contribution < 1.29 is 35.5 Å². The quantitative estimate of drug-likeness (QED) is 0.127. The molecule has 218 valence electrons. The van der Waals surface area contributed by atoms with Gasteiger partial charge in [0.05, 0.1) is 0 Å². The molecule has 0 aromatic heterocycles. The van der Waals surface area contributed by atoms with E-state index in [1.165, 1.54) is 12.8 Å². The van der Waals surface area contributed by atoms with Crippen molar-refractivity contribution in [3.8, 4) is 0 Å². The van der Waals surface area contributed by atoms with Crippen LogP contribution in [-0.4, -0.2) is 31.2 Å². The molecule has 0 spiro atoms. The highest BCUT2D eigenvalue weighted by atomic mass is 19.4. The molecule has 0 bridgehead atoms. The van der Waals surface area contributed by atoms with Crippen molar-refractivity contribution in [2.45, 2.75) is 163 Å². The molecule has 0 aliphatic heterocycles.